The van der Waals surface area contributed by atoms with Gasteiger partial charge in [-0.3, -0.25) is 4.79 Å². The van der Waals surface area contributed by atoms with E-state index >= 15 is 0 Å². The first-order valence-corrected chi connectivity index (χ1v) is 13.8. The van der Waals surface area contributed by atoms with Gasteiger partial charge in [-0.1, -0.05) is 31.4 Å². The Kier molecular flexibility index (Phi) is 9.38. The monoisotopic (exact) mass is 589 g/mol. The number of rotatable bonds is 9. The highest BCUT2D eigenvalue weighted by molar-refractivity contribution is 5.75. The number of ether oxygens (including phenoxy) is 1. The van der Waals surface area contributed by atoms with E-state index in [1.165, 1.54) is 19.1 Å². The molecule has 2 aromatic rings. The first-order chi connectivity index (χ1) is 19.2. The number of benzene rings is 2. The number of carboxylic acids is 1. The lowest BCUT2D eigenvalue weighted by Crippen LogP contribution is -2.44. The Morgan fingerprint density at radius 3 is 2.10 bits per heavy atom. The summed E-state index contributed by atoms with van der Waals surface area (Å²) in [6.07, 6.45) is -6.63. The summed E-state index contributed by atoms with van der Waals surface area (Å²) in [5.41, 5.74) is -3.16. The number of aliphatic carboxylic acids is 1. The lowest BCUT2D eigenvalue weighted by molar-refractivity contribution is -0.151. The molecule has 0 saturated heterocycles. The average molecular weight is 590 g/mol. The van der Waals surface area contributed by atoms with Gasteiger partial charge in [-0.05, 0) is 86.5 Å². The highest BCUT2D eigenvalue weighted by Crippen LogP contribution is 2.45. The molecule has 0 aliphatic heterocycles. The minimum absolute atomic E-state index is 0.0701. The fraction of sp³-hybridized carbons (Fsp3) is 0.567. The Labute approximate surface area is 234 Å². The normalized spacial score (nSPS) is 23.9. The molecule has 2 aromatic carbocycles. The van der Waals surface area contributed by atoms with Crippen LogP contribution in [0.1, 0.15) is 86.1 Å². The molecule has 4 rings (SSSR count). The summed E-state index contributed by atoms with van der Waals surface area (Å²) in [5.74, 6) is -1.68. The van der Waals surface area contributed by atoms with Crippen molar-refractivity contribution in [3.8, 4) is 0 Å². The zero-order valence-electron chi connectivity index (χ0n) is 22.6. The molecule has 0 radical (unpaired) electrons. The van der Waals surface area contributed by atoms with Crippen molar-refractivity contribution in [3.63, 3.8) is 0 Å². The molecule has 2 N–H and O–H groups in total. The quantitative estimate of drug-likeness (QED) is 0.290. The summed E-state index contributed by atoms with van der Waals surface area (Å²) < 4.78 is 100. The van der Waals surface area contributed by atoms with E-state index in [-0.39, 0.29) is 23.5 Å². The molecular formula is C30H34F7NO3. The number of hydrogen-bond donors (Lipinski definition) is 2. The van der Waals surface area contributed by atoms with Crippen molar-refractivity contribution in [2.45, 2.75) is 82.3 Å². The van der Waals surface area contributed by atoms with Crippen LogP contribution in [0.5, 0.6) is 0 Å². The molecular weight excluding hydrogens is 555 g/mol. The third kappa shape index (κ3) is 7.41. The smallest absolute Gasteiger partial charge is 0.416 e. The van der Waals surface area contributed by atoms with Gasteiger partial charge in [0.1, 0.15) is 5.82 Å². The molecule has 4 atom stereocenters. The maximum Gasteiger partial charge on any atom is 0.416 e. The molecule has 0 aromatic heterocycles. The number of alkyl halides is 6. The Morgan fingerprint density at radius 2 is 1.56 bits per heavy atom. The van der Waals surface area contributed by atoms with E-state index in [1.807, 2.05) is 0 Å². The van der Waals surface area contributed by atoms with Crippen LogP contribution < -0.4 is 5.32 Å². The van der Waals surface area contributed by atoms with Gasteiger partial charge in [-0.25, -0.2) is 4.39 Å². The molecule has 0 amide bonds. The summed E-state index contributed by atoms with van der Waals surface area (Å²) in [4.78, 5) is 12.1. The van der Waals surface area contributed by atoms with Crippen LogP contribution >= 0.6 is 0 Å². The van der Waals surface area contributed by atoms with Gasteiger partial charge in [0, 0.05) is 12.5 Å². The summed E-state index contributed by atoms with van der Waals surface area (Å²) in [6, 6.07) is 7.24. The number of carbonyl (C=O) groups is 1. The zero-order chi connectivity index (χ0) is 30.0. The lowest BCUT2D eigenvalue weighted by atomic mass is 9.74. The van der Waals surface area contributed by atoms with E-state index < -0.39 is 52.9 Å². The predicted octanol–water partition coefficient (Wildman–Crippen LogP) is 8.13. The zero-order valence-corrected chi connectivity index (χ0v) is 22.6. The van der Waals surface area contributed by atoms with Crippen LogP contribution in [0.2, 0.25) is 0 Å². The van der Waals surface area contributed by atoms with Gasteiger partial charge in [0.15, 0.2) is 0 Å². The molecule has 0 unspecified atom stereocenters. The number of nitrogens with one attached hydrogen (secondary N) is 1. The van der Waals surface area contributed by atoms with Crippen LogP contribution in [-0.2, 0) is 21.9 Å². The first kappa shape index (κ1) is 31.3. The second kappa shape index (κ2) is 12.3. The Balaban J connectivity index is 1.55. The molecule has 2 aliphatic rings. The second-order valence-corrected chi connectivity index (χ2v) is 11.3. The molecule has 0 heterocycles. The van der Waals surface area contributed by atoms with Crippen molar-refractivity contribution in [3.05, 3.63) is 70.5 Å². The Bertz CT molecular complexity index is 1160. The molecule has 2 fully saturated rings. The Hall–Kier alpha value is -2.66. The lowest BCUT2D eigenvalue weighted by Gasteiger charge is -2.34. The molecule has 0 bridgehead atoms. The highest BCUT2D eigenvalue weighted by Gasteiger charge is 2.42. The van der Waals surface area contributed by atoms with Crippen molar-refractivity contribution in [1.29, 1.82) is 0 Å². The van der Waals surface area contributed by atoms with Gasteiger partial charge >= 0.3 is 18.3 Å². The molecule has 0 spiro atoms. The molecule has 226 valence electrons. The third-order valence-electron chi connectivity index (χ3n) is 8.58. The minimum Gasteiger partial charge on any atom is -0.481 e. The van der Waals surface area contributed by atoms with Gasteiger partial charge in [0.05, 0.1) is 28.7 Å². The number of carboxylic acid groups (broad SMARTS) is 1. The van der Waals surface area contributed by atoms with Crippen molar-refractivity contribution in [2.75, 3.05) is 13.1 Å². The van der Waals surface area contributed by atoms with Gasteiger partial charge in [-0.15, -0.1) is 0 Å². The highest BCUT2D eigenvalue weighted by atomic mass is 19.4. The van der Waals surface area contributed by atoms with E-state index in [0.717, 1.165) is 24.8 Å². The third-order valence-corrected chi connectivity index (χ3v) is 8.58. The van der Waals surface area contributed by atoms with Gasteiger partial charge in [-0.2, -0.15) is 26.3 Å². The largest absolute Gasteiger partial charge is 0.481 e. The summed E-state index contributed by atoms with van der Waals surface area (Å²) >= 11 is 0. The van der Waals surface area contributed by atoms with Crippen molar-refractivity contribution >= 4 is 5.97 Å². The topological polar surface area (TPSA) is 58.6 Å². The van der Waals surface area contributed by atoms with E-state index in [2.05, 4.69) is 5.32 Å². The predicted molar refractivity (Wildman–Crippen MR) is 138 cm³/mol. The minimum atomic E-state index is -4.97. The molecule has 2 saturated carbocycles. The molecule has 41 heavy (non-hydrogen) atoms. The van der Waals surface area contributed by atoms with Crippen LogP contribution in [0.4, 0.5) is 30.7 Å². The average Bonchev–Trinajstić information content (AvgIpc) is 3.30. The van der Waals surface area contributed by atoms with Crippen LogP contribution in [0.3, 0.4) is 0 Å². The Morgan fingerprint density at radius 1 is 0.976 bits per heavy atom. The van der Waals surface area contributed by atoms with E-state index in [0.29, 0.717) is 50.9 Å². The SMILES string of the molecule is C[C@@H](O[C@H]1CC[C@@H](CNCC2(C(=O)O)CCCCC2)[C@@H]1c1ccc(F)cc1)c1cc(C(F)(F)F)cc(C(F)(F)F)c1. The van der Waals surface area contributed by atoms with Crippen molar-refractivity contribution in [2.24, 2.45) is 11.3 Å². The van der Waals surface area contributed by atoms with Gasteiger partial charge in [0.2, 0.25) is 0 Å². The summed E-state index contributed by atoms with van der Waals surface area (Å²) in [6.45, 7) is 2.15. The fourth-order valence-electron chi connectivity index (χ4n) is 6.34. The molecule has 2 aliphatic carbocycles. The van der Waals surface area contributed by atoms with E-state index in [4.69, 9.17) is 4.74 Å². The maximum atomic E-state index is 13.7. The van der Waals surface area contributed by atoms with Crippen molar-refractivity contribution in [1.82, 2.24) is 5.32 Å². The van der Waals surface area contributed by atoms with Crippen LogP contribution in [-0.4, -0.2) is 30.3 Å². The van der Waals surface area contributed by atoms with Crippen molar-refractivity contribution < 1.29 is 45.4 Å². The number of halogens is 7. The number of hydrogen-bond acceptors (Lipinski definition) is 3. The van der Waals surface area contributed by atoms with Crippen LogP contribution in [0.25, 0.3) is 0 Å². The molecule has 11 heteroatoms. The maximum absolute atomic E-state index is 13.7. The standard InChI is InChI=1S/C30H34F7NO3/c1-18(21-13-22(29(32,33)34)15-23(14-21)30(35,36)37)41-25-10-7-20(26(25)19-5-8-24(31)9-6-19)16-38-17-28(27(39)40)11-3-2-4-12-28/h5-6,8-9,13-15,18,20,25-26,38H,2-4,7,10-12,16-17H2,1H3,(H,39,40)/t18-,20+,25+,26+/m1/s1. The summed E-state index contributed by atoms with van der Waals surface area (Å²) in [7, 11) is 0. The molecule has 4 nitrogen and oxygen atoms in total. The van der Waals surface area contributed by atoms with Gasteiger partial charge < -0.3 is 15.2 Å². The van der Waals surface area contributed by atoms with Crippen LogP contribution in [0.15, 0.2) is 42.5 Å². The first-order valence-electron chi connectivity index (χ1n) is 13.8. The van der Waals surface area contributed by atoms with E-state index in [9.17, 15) is 40.6 Å². The van der Waals surface area contributed by atoms with Crippen LogP contribution in [0, 0.1) is 17.2 Å². The van der Waals surface area contributed by atoms with Gasteiger partial charge in [0.25, 0.3) is 0 Å². The fourth-order valence-corrected chi connectivity index (χ4v) is 6.34. The summed E-state index contributed by atoms with van der Waals surface area (Å²) in [5, 5.41) is 13.2. The second-order valence-electron chi connectivity index (χ2n) is 11.3. The van der Waals surface area contributed by atoms with E-state index in [1.54, 1.807) is 12.1 Å².